The van der Waals surface area contributed by atoms with E-state index in [4.69, 9.17) is 4.74 Å². The highest BCUT2D eigenvalue weighted by Crippen LogP contribution is 2.09. The van der Waals surface area contributed by atoms with E-state index in [1.807, 2.05) is 6.92 Å². The normalized spacial score (nSPS) is 18.8. The van der Waals surface area contributed by atoms with E-state index >= 15 is 0 Å². The third-order valence-electron chi connectivity index (χ3n) is 3.26. The summed E-state index contributed by atoms with van der Waals surface area (Å²) in [6, 6.07) is 6.74. The summed E-state index contributed by atoms with van der Waals surface area (Å²) in [5, 5.41) is 3.04. The van der Waals surface area contributed by atoms with Gasteiger partial charge in [0.15, 0.2) is 13.3 Å². The lowest BCUT2D eigenvalue weighted by atomic mass is 10.2. The Morgan fingerprint density at radius 2 is 2.10 bits per heavy atom. The zero-order valence-corrected chi connectivity index (χ0v) is 13.1. The standard InChI is InChI=1S/C13H20N4O3S/c1-11-3-5-12(6-4-11)21(18,19)16-13-14-9-17(10-15-13)7-8-20-2/h3-6H,7-10H2,1-2H3,(H2,14,15,16)/p+2. The Morgan fingerprint density at radius 3 is 2.67 bits per heavy atom. The first-order valence-electron chi connectivity index (χ1n) is 6.78. The lowest BCUT2D eigenvalue weighted by Gasteiger charge is -2.20. The number of quaternary nitrogens is 1. The van der Waals surface area contributed by atoms with Crippen molar-refractivity contribution < 1.29 is 23.0 Å². The van der Waals surface area contributed by atoms with Crippen molar-refractivity contribution in [3.63, 3.8) is 0 Å². The fourth-order valence-electron chi connectivity index (χ4n) is 1.96. The van der Waals surface area contributed by atoms with Crippen molar-refractivity contribution >= 4 is 16.0 Å². The third kappa shape index (κ3) is 4.42. The van der Waals surface area contributed by atoms with Gasteiger partial charge >= 0.3 is 16.0 Å². The van der Waals surface area contributed by atoms with Crippen LogP contribution in [0.15, 0.2) is 29.2 Å². The summed E-state index contributed by atoms with van der Waals surface area (Å²) in [5.74, 6) is 0.414. The van der Waals surface area contributed by atoms with Crippen LogP contribution >= 0.6 is 0 Å². The fraction of sp³-hybridized carbons (Fsp3) is 0.462. The van der Waals surface area contributed by atoms with Gasteiger partial charge in [0, 0.05) is 7.11 Å². The van der Waals surface area contributed by atoms with Gasteiger partial charge in [0.2, 0.25) is 0 Å². The molecule has 0 amide bonds. The predicted molar refractivity (Wildman–Crippen MR) is 78.0 cm³/mol. The minimum absolute atomic E-state index is 0.248. The first-order valence-corrected chi connectivity index (χ1v) is 8.26. The molecule has 1 atom stereocenters. The number of methoxy groups -OCH3 is 1. The Labute approximate surface area is 125 Å². The molecule has 0 aliphatic carbocycles. The molecule has 0 saturated carbocycles. The van der Waals surface area contributed by atoms with Crippen molar-refractivity contribution in [1.29, 1.82) is 0 Å². The number of benzene rings is 1. The van der Waals surface area contributed by atoms with E-state index in [2.05, 4.69) is 15.0 Å². The number of guanidine groups is 1. The van der Waals surface area contributed by atoms with Crippen LogP contribution in [0.3, 0.4) is 0 Å². The van der Waals surface area contributed by atoms with Crippen molar-refractivity contribution in [2.75, 3.05) is 33.6 Å². The molecule has 1 heterocycles. The van der Waals surface area contributed by atoms with Crippen LogP contribution in [-0.4, -0.2) is 48.0 Å². The summed E-state index contributed by atoms with van der Waals surface area (Å²) in [6.45, 7) is 4.72. The molecule has 1 aromatic carbocycles. The Kier molecular flexibility index (Phi) is 5.16. The number of rotatable bonds is 5. The van der Waals surface area contributed by atoms with Crippen LogP contribution in [0.5, 0.6) is 0 Å². The van der Waals surface area contributed by atoms with E-state index < -0.39 is 10.0 Å². The molecule has 21 heavy (non-hydrogen) atoms. The van der Waals surface area contributed by atoms with E-state index in [-0.39, 0.29) is 4.90 Å². The molecule has 4 N–H and O–H groups in total. The van der Waals surface area contributed by atoms with Gasteiger partial charge in [0.05, 0.1) is 6.61 Å². The van der Waals surface area contributed by atoms with Gasteiger partial charge in [-0.3, -0.25) is 4.90 Å². The molecule has 0 fully saturated rings. The topological polar surface area (TPSA) is 85.8 Å². The van der Waals surface area contributed by atoms with Crippen LogP contribution in [0.4, 0.5) is 0 Å². The summed E-state index contributed by atoms with van der Waals surface area (Å²) >= 11 is 0. The van der Waals surface area contributed by atoms with Crippen LogP contribution in [-0.2, 0) is 14.8 Å². The van der Waals surface area contributed by atoms with Gasteiger partial charge in [-0.2, -0.15) is 13.1 Å². The van der Waals surface area contributed by atoms with Crippen LogP contribution in [0, 0.1) is 6.92 Å². The minimum Gasteiger partial charge on any atom is -0.379 e. The summed E-state index contributed by atoms with van der Waals surface area (Å²) in [6.07, 6.45) is 0. The average molecular weight is 314 g/mol. The van der Waals surface area contributed by atoms with Crippen LogP contribution in [0.2, 0.25) is 0 Å². The van der Waals surface area contributed by atoms with Crippen molar-refractivity contribution in [1.82, 2.24) is 10.0 Å². The third-order valence-corrected chi connectivity index (χ3v) is 4.62. The molecule has 0 saturated heterocycles. The quantitative estimate of drug-likeness (QED) is 0.460. The maximum Gasteiger partial charge on any atom is 0.367 e. The van der Waals surface area contributed by atoms with Gasteiger partial charge in [-0.15, -0.1) is 0 Å². The Balaban J connectivity index is 1.98. The van der Waals surface area contributed by atoms with E-state index in [9.17, 15) is 8.42 Å². The predicted octanol–water partition coefficient (Wildman–Crippen LogP) is -3.24. The van der Waals surface area contributed by atoms with Gasteiger partial charge in [-0.1, -0.05) is 17.7 Å². The molecular weight excluding hydrogens is 292 g/mol. The van der Waals surface area contributed by atoms with E-state index in [1.165, 1.54) is 4.90 Å². The highest BCUT2D eigenvalue weighted by molar-refractivity contribution is 7.90. The second-order valence-corrected chi connectivity index (χ2v) is 6.68. The molecular formula is C13H22N4O3S+2. The highest BCUT2D eigenvalue weighted by Gasteiger charge is 2.25. The second kappa shape index (κ2) is 6.88. The summed E-state index contributed by atoms with van der Waals surface area (Å²) in [7, 11) is -1.89. The van der Waals surface area contributed by atoms with E-state index in [0.717, 1.165) is 12.1 Å². The molecule has 2 rings (SSSR count). The molecule has 0 spiro atoms. The molecule has 8 heteroatoms. The molecule has 0 radical (unpaired) electrons. The molecule has 1 aliphatic heterocycles. The number of hydrogen-bond donors (Lipinski definition) is 4. The van der Waals surface area contributed by atoms with Gasteiger partial charge in [-0.25, -0.2) is 10.3 Å². The first kappa shape index (κ1) is 15.7. The number of ether oxygens (including phenoxy) is 1. The first-order chi connectivity index (χ1) is 10.0. The van der Waals surface area contributed by atoms with Crippen molar-refractivity contribution in [2.24, 2.45) is 0 Å². The number of hydrogen-bond acceptors (Lipinski definition) is 4. The largest absolute Gasteiger partial charge is 0.379 e. The van der Waals surface area contributed by atoms with Crippen LogP contribution < -0.4 is 19.9 Å². The Morgan fingerprint density at radius 1 is 1.38 bits per heavy atom. The molecule has 7 nitrogen and oxygen atoms in total. The SMILES string of the molecule is COCC[NH+]1CNC(NS(=O)(=O)c2ccc(C)cc2)=[NH+]C1. The maximum absolute atomic E-state index is 12.2. The smallest absolute Gasteiger partial charge is 0.367 e. The molecule has 1 aliphatic rings. The number of nitrogens with one attached hydrogen (secondary N) is 4. The lowest BCUT2D eigenvalue weighted by molar-refractivity contribution is -0.980. The Hall–Kier alpha value is -1.64. The lowest BCUT2D eigenvalue weighted by Crippen LogP contribution is -3.24. The highest BCUT2D eigenvalue weighted by atomic mass is 32.2. The van der Waals surface area contributed by atoms with Gasteiger partial charge in [-0.05, 0) is 19.1 Å². The molecule has 1 aromatic rings. The van der Waals surface area contributed by atoms with Gasteiger partial charge in [0.1, 0.15) is 11.4 Å². The van der Waals surface area contributed by atoms with Gasteiger partial charge < -0.3 is 4.74 Å². The average Bonchev–Trinajstić information content (AvgIpc) is 2.47. The van der Waals surface area contributed by atoms with E-state index in [1.54, 1.807) is 31.4 Å². The molecule has 0 aromatic heterocycles. The Bertz CT molecular complexity index is 598. The zero-order chi connectivity index (χ0) is 15.3. The minimum atomic E-state index is -3.56. The molecule has 0 bridgehead atoms. The summed E-state index contributed by atoms with van der Waals surface area (Å²) < 4.78 is 32.0. The second-order valence-electron chi connectivity index (χ2n) is 4.99. The molecule has 116 valence electrons. The number of sulfonamides is 1. The van der Waals surface area contributed by atoms with Crippen molar-refractivity contribution in [3.05, 3.63) is 29.8 Å². The molecule has 1 unspecified atom stereocenters. The summed E-state index contributed by atoms with van der Waals surface area (Å²) in [5.41, 5.74) is 1.02. The maximum atomic E-state index is 12.2. The summed E-state index contributed by atoms with van der Waals surface area (Å²) in [4.78, 5) is 4.53. The van der Waals surface area contributed by atoms with Crippen molar-refractivity contribution in [2.45, 2.75) is 11.8 Å². The van der Waals surface area contributed by atoms with Crippen LogP contribution in [0.1, 0.15) is 5.56 Å². The van der Waals surface area contributed by atoms with E-state index in [0.29, 0.717) is 25.9 Å². The van der Waals surface area contributed by atoms with Crippen molar-refractivity contribution in [3.8, 4) is 0 Å². The fourth-order valence-corrected chi connectivity index (χ4v) is 2.98. The zero-order valence-electron chi connectivity index (χ0n) is 12.3. The monoisotopic (exact) mass is 314 g/mol. The van der Waals surface area contributed by atoms with Gasteiger partial charge in [0.25, 0.3) is 0 Å². The number of aryl methyl sites for hydroxylation is 1. The van der Waals surface area contributed by atoms with Crippen LogP contribution in [0.25, 0.3) is 0 Å².